The Bertz CT molecular complexity index is 824. The van der Waals surface area contributed by atoms with E-state index in [1.165, 1.54) is 4.57 Å². The maximum Gasteiger partial charge on any atom is 0.206 e. The predicted molar refractivity (Wildman–Crippen MR) is 70.1 cm³/mol. The van der Waals surface area contributed by atoms with Crippen LogP contribution < -0.4 is 5.73 Å². The van der Waals surface area contributed by atoms with Crippen molar-refractivity contribution >= 4 is 17.0 Å². The third-order valence-corrected chi connectivity index (χ3v) is 3.12. The summed E-state index contributed by atoms with van der Waals surface area (Å²) in [7, 11) is 0. The Hall–Kier alpha value is -2.50. The molecule has 0 saturated carbocycles. The number of hydrogen-bond acceptors (Lipinski definition) is 2. The number of benzene rings is 2. The van der Waals surface area contributed by atoms with Gasteiger partial charge in [0.1, 0.15) is 5.82 Å². The van der Waals surface area contributed by atoms with E-state index in [0.29, 0.717) is 17.1 Å². The molecule has 3 aromatic rings. The number of nitrogen functional groups attached to an aromatic ring is 1. The van der Waals surface area contributed by atoms with E-state index in [4.69, 9.17) is 5.73 Å². The molecule has 2 aromatic carbocycles. The van der Waals surface area contributed by atoms with Gasteiger partial charge in [-0.1, -0.05) is 12.1 Å². The summed E-state index contributed by atoms with van der Waals surface area (Å²) in [5.41, 5.74) is 7.30. The van der Waals surface area contributed by atoms with Crippen LogP contribution in [0.5, 0.6) is 0 Å². The summed E-state index contributed by atoms with van der Waals surface area (Å²) in [6.45, 7) is 1.79. The molecule has 0 atom stereocenters. The molecule has 0 amide bonds. The van der Waals surface area contributed by atoms with Gasteiger partial charge in [-0.05, 0) is 18.6 Å². The third kappa shape index (κ3) is 1.72. The molecule has 20 heavy (non-hydrogen) atoms. The van der Waals surface area contributed by atoms with Crippen LogP contribution in [-0.4, -0.2) is 9.55 Å². The van der Waals surface area contributed by atoms with Crippen molar-refractivity contribution in [1.82, 2.24) is 9.55 Å². The summed E-state index contributed by atoms with van der Waals surface area (Å²) in [5, 5.41) is 0. The lowest BCUT2D eigenvalue weighted by molar-refractivity contribution is 0.491. The lowest BCUT2D eigenvalue weighted by Gasteiger charge is -2.10. The SMILES string of the molecule is Cc1cccc2nc(N)n(-c3cc(F)cc(F)c3F)c12. The van der Waals surface area contributed by atoms with Crippen molar-refractivity contribution in [2.75, 3.05) is 5.73 Å². The second-order valence-corrected chi connectivity index (χ2v) is 4.47. The monoisotopic (exact) mass is 277 g/mol. The molecule has 3 rings (SSSR count). The number of fused-ring (bicyclic) bond motifs is 1. The zero-order valence-electron chi connectivity index (χ0n) is 10.5. The number of rotatable bonds is 1. The number of aromatic nitrogens is 2. The molecule has 6 heteroatoms. The minimum absolute atomic E-state index is 0.0294. The van der Waals surface area contributed by atoms with Gasteiger partial charge >= 0.3 is 0 Å². The Labute approximate surface area is 112 Å². The maximum atomic E-state index is 13.9. The highest BCUT2D eigenvalue weighted by Crippen LogP contribution is 2.28. The van der Waals surface area contributed by atoms with Crippen LogP contribution in [0.4, 0.5) is 19.1 Å². The molecular weight excluding hydrogens is 267 g/mol. The Kier molecular flexibility index (Phi) is 2.67. The van der Waals surface area contributed by atoms with Crippen molar-refractivity contribution in [3.63, 3.8) is 0 Å². The van der Waals surface area contributed by atoms with Crippen LogP contribution in [0.1, 0.15) is 5.56 Å². The fourth-order valence-corrected chi connectivity index (χ4v) is 2.26. The van der Waals surface area contributed by atoms with Gasteiger partial charge in [0.25, 0.3) is 0 Å². The third-order valence-electron chi connectivity index (χ3n) is 3.12. The van der Waals surface area contributed by atoms with Crippen molar-refractivity contribution in [2.24, 2.45) is 0 Å². The molecule has 0 bridgehead atoms. The molecule has 3 nitrogen and oxygen atoms in total. The van der Waals surface area contributed by atoms with Gasteiger partial charge in [-0.3, -0.25) is 4.57 Å². The molecule has 102 valence electrons. The van der Waals surface area contributed by atoms with Crippen molar-refractivity contribution in [2.45, 2.75) is 6.92 Å². The first-order valence-corrected chi connectivity index (χ1v) is 5.87. The van der Waals surface area contributed by atoms with E-state index in [1.807, 2.05) is 0 Å². The fourth-order valence-electron chi connectivity index (χ4n) is 2.26. The zero-order chi connectivity index (χ0) is 14.4. The van der Waals surface area contributed by atoms with Crippen LogP contribution in [0.25, 0.3) is 16.7 Å². The van der Waals surface area contributed by atoms with E-state index in [9.17, 15) is 13.2 Å². The van der Waals surface area contributed by atoms with E-state index in [0.717, 1.165) is 11.6 Å². The van der Waals surface area contributed by atoms with Crippen LogP contribution in [0, 0.1) is 24.4 Å². The summed E-state index contributed by atoms with van der Waals surface area (Å²) in [4.78, 5) is 4.08. The van der Waals surface area contributed by atoms with Gasteiger partial charge in [0.05, 0.1) is 16.7 Å². The van der Waals surface area contributed by atoms with Crippen molar-refractivity contribution in [3.8, 4) is 5.69 Å². The van der Waals surface area contributed by atoms with E-state index in [2.05, 4.69) is 4.98 Å². The summed E-state index contributed by atoms with van der Waals surface area (Å²) in [6.07, 6.45) is 0. The smallest absolute Gasteiger partial charge is 0.206 e. The van der Waals surface area contributed by atoms with E-state index in [1.54, 1.807) is 25.1 Å². The number of aryl methyl sites for hydroxylation is 1. The Morgan fingerprint density at radius 1 is 1.15 bits per heavy atom. The molecule has 0 fully saturated rings. The first kappa shape index (κ1) is 12.5. The average Bonchev–Trinajstić information content (AvgIpc) is 2.71. The van der Waals surface area contributed by atoms with Crippen LogP contribution in [0.3, 0.4) is 0 Å². The predicted octanol–water partition coefficient (Wildman–Crippen LogP) is 3.33. The number of imidazole rings is 1. The molecule has 1 aromatic heterocycles. The van der Waals surface area contributed by atoms with E-state index in [-0.39, 0.29) is 11.6 Å². The number of halogens is 3. The van der Waals surface area contributed by atoms with Gasteiger partial charge in [0.15, 0.2) is 11.6 Å². The molecule has 0 unspecified atom stereocenters. The minimum atomic E-state index is -1.27. The number of anilines is 1. The van der Waals surface area contributed by atoms with Crippen LogP contribution in [-0.2, 0) is 0 Å². The summed E-state index contributed by atoms with van der Waals surface area (Å²) < 4.78 is 41.9. The topological polar surface area (TPSA) is 43.8 Å². The average molecular weight is 277 g/mol. The standard InChI is InChI=1S/C14H10F3N3/c1-7-3-2-4-10-13(7)20(14(18)19-10)11-6-8(15)5-9(16)12(11)17/h2-6H,1H3,(H2,18,19). The quantitative estimate of drug-likeness (QED) is 0.693. The Morgan fingerprint density at radius 3 is 2.65 bits per heavy atom. The largest absolute Gasteiger partial charge is 0.369 e. The molecule has 0 radical (unpaired) electrons. The summed E-state index contributed by atoms with van der Waals surface area (Å²) in [6, 6.07) is 6.64. The lowest BCUT2D eigenvalue weighted by atomic mass is 10.2. The molecule has 0 aliphatic carbocycles. The van der Waals surface area contributed by atoms with Gasteiger partial charge in [0.2, 0.25) is 5.95 Å². The highest BCUT2D eigenvalue weighted by molar-refractivity contribution is 5.83. The Balaban J connectivity index is 2.44. The number of hydrogen-bond donors (Lipinski definition) is 1. The Morgan fingerprint density at radius 2 is 1.90 bits per heavy atom. The second-order valence-electron chi connectivity index (χ2n) is 4.47. The van der Waals surface area contributed by atoms with Gasteiger partial charge in [-0.15, -0.1) is 0 Å². The summed E-state index contributed by atoms with van der Waals surface area (Å²) in [5.74, 6) is -3.34. The second kappa shape index (κ2) is 4.26. The summed E-state index contributed by atoms with van der Waals surface area (Å²) >= 11 is 0. The molecule has 0 spiro atoms. The highest BCUT2D eigenvalue weighted by Gasteiger charge is 2.18. The highest BCUT2D eigenvalue weighted by atomic mass is 19.2. The maximum absolute atomic E-state index is 13.9. The van der Waals surface area contributed by atoms with E-state index < -0.39 is 17.5 Å². The van der Waals surface area contributed by atoms with Gasteiger partial charge in [-0.2, -0.15) is 0 Å². The minimum Gasteiger partial charge on any atom is -0.369 e. The normalized spacial score (nSPS) is 11.2. The van der Waals surface area contributed by atoms with Gasteiger partial charge < -0.3 is 5.73 Å². The van der Waals surface area contributed by atoms with Crippen LogP contribution in [0.2, 0.25) is 0 Å². The first-order chi connectivity index (χ1) is 9.49. The molecule has 0 saturated heterocycles. The fraction of sp³-hybridized carbons (Fsp3) is 0.0714. The van der Waals surface area contributed by atoms with Gasteiger partial charge in [-0.25, -0.2) is 18.2 Å². The van der Waals surface area contributed by atoms with E-state index >= 15 is 0 Å². The molecular formula is C14H10F3N3. The van der Waals surface area contributed by atoms with Gasteiger partial charge in [0, 0.05) is 12.1 Å². The lowest BCUT2D eigenvalue weighted by Crippen LogP contribution is -2.06. The molecule has 0 aliphatic heterocycles. The van der Waals surface area contributed by atoms with Crippen molar-refractivity contribution in [3.05, 3.63) is 53.3 Å². The number of nitrogens with two attached hydrogens (primary N) is 1. The first-order valence-electron chi connectivity index (χ1n) is 5.87. The van der Waals surface area contributed by atoms with Crippen molar-refractivity contribution in [1.29, 1.82) is 0 Å². The molecule has 0 aliphatic rings. The number of para-hydroxylation sites is 1. The number of nitrogens with zero attached hydrogens (tertiary/aromatic N) is 2. The van der Waals surface area contributed by atoms with Crippen LogP contribution in [0.15, 0.2) is 30.3 Å². The molecule has 1 heterocycles. The van der Waals surface area contributed by atoms with Crippen LogP contribution >= 0.6 is 0 Å². The molecule has 2 N–H and O–H groups in total. The van der Waals surface area contributed by atoms with Crippen molar-refractivity contribution < 1.29 is 13.2 Å². The zero-order valence-corrected chi connectivity index (χ0v) is 10.5.